The van der Waals surface area contributed by atoms with Gasteiger partial charge in [0.1, 0.15) is 23.4 Å². The van der Waals surface area contributed by atoms with Crippen LogP contribution in [0.5, 0.6) is 5.75 Å². The summed E-state index contributed by atoms with van der Waals surface area (Å²) in [5.41, 5.74) is 1.15. The zero-order valence-electron chi connectivity index (χ0n) is 21.7. The van der Waals surface area contributed by atoms with Gasteiger partial charge in [-0.15, -0.1) is 22.0 Å². The number of phenolic OH excluding ortho intramolecular Hbond substituents is 1. The molecule has 10 heteroatoms. The molecule has 182 valence electrons. The number of nitrogens with one attached hydrogen (secondary N) is 1. The number of thioether (sulfide) groups is 1. The number of alkyl halides is 1. The van der Waals surface area contributed by atoms with Crippen LogP contribution in [0.25, 0.3) is 22.4 Å². The minimum absolute atomic E-state index is 0.116. The minimum Gasteiger partial charge on any atom is -0.507 e. The predicted molar refractivity (Wildman–Crippen MR) is 131 cm³/mol. The van der Waals surface area contributed by atoms with Gasteiger partial charge in [0.05, 0.1) is 23.5 Å². The summed E-state index contributed by atoms with van der Waals surface area (Å²) in [6, 6.07) is 6.00. The van der Waals surface area contributed by atoms with Gasteiger partial charge in [-0.2, -0.15) is 0 Å². The van der Waals surface area contributed by atoms with E-state index in [1.807, 2.05) is 4.90 Å². The average molecular weight is 500 g/mol. The Morgan fingerprint density at radius 2 is 2.00 bits per heavy atom. The number of rotatable bonds is 6. The Morgan fingerprint density at radius 3 is 2.74 bits per heavy atom. The zero-order valence-corrected chi connectivity index (χ0v) is 19.6. The Labute approximate surface area is 210 Å². The van der Waals surface area contributed by atoms with Crippen molar-refractivity contribution in [3.63, 3.8) is 0 Å². The molecule has 2 aliphatic heterocycles. The molecule has 3 fully saturated rings. The number of fused-ring (bicyclic) bond motifs is 2. The first-order chi connectivity index (χ1) is 18.2. The van der Waals surface area contributed by atoms with Crippen molar-refractivity contribution in [1.29, 1.82) is 0 Å². The molecular weight excluding hydrogens is 470 g/mol. The van der Waals surface area contributed by atoms with Crippen LogP contribution in [0.15, 0.2) is 41.7 Å². The molecule has 2 saturated heterocycles. The smallest absolute Gasteiger partial charge is 0.245 e. The summed E-state index contributed by atoms with van der Waals surface area (Å²) in [6.45, 7) is 0. The fourth-order valence-electron chi connectivity index (χ4n) is 5.30. The van der Waals surface area contributed by atoms with Gasteiger partial charge in [-0.25, -0.2) is 18.7 Å². The van der Waals surface area contributed by atoms with Crippen molar-refractivity contribution < 1.29 is 18.0 Å². The highest BCUT2D eigenvalue weighted by molar-refractivity contribution is 7.98. The second-order valence-corrected chi connectivity index (χ2v) is 10.0. The lowest BCUT2D eigenvalue weighted by atomic mass is 9.96. The van der Waals surface area contributed by atoms with E-state index in [1.54, 1.807) is 12.1 Å². The maximum atomic E-state index is 15.3. The Hall–Kier alpha value is -2.85. The van der Waals surface area contributed by atoms with Crippen molar-refractivity contribution in [1.82, 2.24) is 25.5 Å². The molecule has 3 aliphatic rings. The number of pyridine rings is 1. The van der Waals surface area contributed by atoms with Crippen LogP contribution in [0, 0.1) is 5.82 Å². The topological polar surface area (TPSA) is 87.1 Å². The monoisotopic (exact) mass is 499 g/mol. The lowest BCUT2D eigenvalue weighted by Crippen LogP contribution is -2.57. The number of piperidine rings is 1. The highest BCUT2D eigenvalue weighted by atomic mass is 32.2. The Balaban J connectivity index is 1.25. The predicted octanol–water partition coefficient (Wildman–Crippen LogP) is 4.37. The number of aromatic hydroxyl groups is 1. The molecule has 2 aromatic heterocycles. The van der Waals surface area contributed by atoms with Crippen LogP contribution >= 0.6 is 11.8 Å². The summed E-state index contributed by atoms with van der Waals surface area (Å²) in [7, 11) is 0. The van der Waals surface area contributed by atoms with Gasteiger partial charge in [-0.05, 0) is 62.1 Å². The Morgan fingerprint density at radius 1 is 1.11 bits per heavy atom. The third-order valence-corrected chi connectivity index (χ3v) is 7.58. The van der Waals surface area contributed by atoms with Gasteiger partial charge >= 0.3 is 0 Å². The van der Waals surface area contributed by atoms with Gasteiger partial charge in [-0.3, -0.25) is 0 Å². The number of halogens is 2. The summed E-state index contributed by atoms with van der Waals surface area (Å²) >= 11 is 0.549. The lowest BCUT2D eigenvalue weighted by molar-refractivity contribution is 0.171. The molecule has 35 heavy (non-hydrogen) atoms. The maximum absolute atomic E-state index is 15.3. The van der Waals surface area contributed by atoms with Gasteiger partial charge in [0.25, 0.3) is 0 Å². The molecule has 1 saturated carbocycles. The molecule has 2 N–H and O–H groups in total. The number of benzene rings is 1. The van der Waals surface area contributed by atoms with Crippen LogP contribution in [0.4, 0.5) is 14.7 Å². The Kier molecular flexibility index (Phi) is 4.97. The van der Waals surface area contributed by atoms with Gasteiger partial charge < -0.3 is 15.3 Å². The number of hydrogen-bond acceptors (Lipinski definition) is 8. The minimum atomic E-state index is -2.32. The molecule has 4 atom stereocenters. The molecule has 1 aromatic carbocycles. The van der Waals surface area contributed by atoms with Crippen molar-refractivity contribution in [2.75, 3.05) is 11.1 Å². The van der Waals surface area contributed by atoms with Crippen molar-refractivity contribution >= 4 is 17.7 Å². The molecule has 3 aromatic rings. The van der Waals surface area contributed by atoms with E-state index < -0.39 is 18.2 Å². The van der Waals surface area contributed by atoms with E-state index in [2.05, 4.69) is 25.5 Å². The summed E-state index contributed by atoms with van der Waals surface area (Å²) < 4.78 is 52.0. The summed E-state index contributed by atoms with van der Waals surface area (Å²) in [4.78, 5) is 10.3. The molecule has 0 amide bonds. The quantitative estimate of drug-likeness (QED) is 0.484. The third kappa shape index (κ3) is 4.23. The lowest BCUT2D eigenvalue weighted by Gasteiger charge is -2.40. The van der Waals surface area contributed by atoms with Crippen LogP contribution in [0.1, 0.15) is 36.2 Å². The normalized spacial score (nSPS) is 27.2. The highest BCUT2D eigenvalue weighted by Crippen LogP contribution is 2.40. The summed E-state index contributed by atoms with van der Waals surface area (Å²) in [6.07, 6.45) is 3.63. The van der Waals surface area contributed by atoms with Gasteiger partial charge in [-0.1, -0.05) is 6.07 Å². The van der Waals surface area contributed by atoms with E-state index in [1.165, 1.54) is 18.3 Å². The average Bonchev–Trinajstić information content (AvgIpc) is 3.62. The van der Waals surface area contributed by atoms with E-state index in [4.69, 9.17) is 4.11 Å². The van der Waals surface area contributed by atoms with Crippen LogP contribution in [-0.2, 0) is 0 Å². The standard InChI is InChI=1S/C25H26F2N6OS/c1-35-23-10-17(18(26)11-28-23)13-2-6-16(22(34)8-13)20-12-29-25(32-31-20)33(15-4-5-15)21-9-14-3-7-19(30-14)24(21)27/h2,6,8,10-12,14-15,19,21,24,30,34H,3-5,7,9H2,1H3/t14-,19-,21+,24-/m0/s1/i1D3. The second kappa shape index (κ2) is 8.98. The fourth-order valence-corrected chi connectivity index (χ4v) is 5.58. The van der Waals surface area contributed by atoms with Gasteiger partial charge in [0.15, 0.2) is 0 Å². The zero-order chi connectivity index (χ0) is 26.6. The molecule has 7 nitrogen and oxygen atoms in total. The summed E-state index contributed by atoms with van der Waals surface area (Å²) in [5.74, 6) is -0.416. The molecule has 0 unspecified atom stereocenters. The van der Waals surface area contributed by atoms with Crippen molar-refractivity contribution in [3.8, 4) is 28.1 Å². The molecular formula is C25H26F2N6OS. The second-order valence-electron chi connectivity index (χ2n) is 9.41. The number of phenols is 1. The molecule has 4 heterocycles. The Bertz CT molecular complexity index is 1340. The number of hydrogen-bond donors (Lipinski definition) is 2. The van der Waals surface area contributed by atoms with E-state index in [0.717, 1.165) is 31.9 Å². The third-order valence-electron chi connectivity index (χ3n) is 7.15. The molecule has 2 bridgehead atoms. The summed E-state index contributed by atoms with van der Waals surface area (Å²) in [5, 5.41) is 22.9. The number of aromatic nitrogens is 4. The maximum Gasteiger partial charge on any atom is 0.245 e. The van der Waals surface area contributed by atoms with Crippen LogP contribution in [-0.4, -0.2) is 61.8 Å². The SMILES string of the molecule is [2H]C([2H])([2H])Sc1cc(-c2ccc(-c3cnc(N(C4CC4)[C@@H]4C[C@@H]5CC[C@H](N5)[C@@H]4F)nn3)c(O)c2)c(F)cn1. The molecule has 0 radical (unpaired) electrons. The number of nitrogens with zero attached hydrogens (tertiary/aromatic N) is 5. The largest absolute Gasteiger partial charge is 0.507 e. The van der Waals surface area contributed by atoms with E-state index in [-0.39, 0.29) is 34.5 Å². The first kappa shape index (κ1) is 19.4. The molecule has 0 spiro atoms. The van der Waals surface area contributed by atoms with Crippen LogP contribution in [0.2, 0.25) is 0 Å². The molecule has 1 aliphatic carbocycles. The fraction of sp³-hybridized carbons (Fsp3) is 0.440. The molecule has 6 rings (SSSR count). The highest BCUT2D eigenvalue weighted by Gasteiger charge is 2.48. The first-order valence-electron chi connectivity index (χ1n) is 13.2. The number of anilines is 1. The van der Waals surface area contributed by atoms with Gasteiger partial charge in [0.2, 0.25) is 5.95 Å². The van der Waals surface area contributed by atoms with E-state index >= 15 is 4.39 Å². The van der Waals surface area contributed by atoms with Crippen molar-refractivity contribution in [2.24, 2.45) is 0 Å². The first-order valence-corrected chi connectivity index (χ1v) is 12.5. The van der Waals surface area contributed by atoms with E-state index in [9.17, 15) is 9.50 Å². The van der Waals surface area contributed by atoms with Crippen molar-refractivity contribution in [2.45, 2.75) is 67.5 Å². The van der Waals surface area contributed by atoms with Gasteiger partial charge in [0, 0.05) is 33.4 Å². The van der Waals surface area contributed by atoms with E-state index in [0.29, 0.717) is 47.0 Å². The van der Waals surface area contributed by atoms with Crippen LogP contribution < -0.4 is 10.2 Å². The van der Waals surface area contributed by atoms with Crippen LogP contribution in [0.3, 0.4) is 0 Å². The van der Waals surface area contributed by atoms with Crippen molar-refractivity contribution in [3.05, 3.63) is 42.5 Å².